The summed E-state index contributed by atoms with van der Waals surface area (Å²) in [5, 5.41) is 13.5. The molecular weight excluding hydrogens is 454 g/mol. The zero-order chi connectivity index (χ0) is 25.3. The molecule has 0 saturated heterocycles. The van der Waals surface area contributed by atoms with E-state index in [0.717, 1.165) is 33.4 Å². The van der Waals surface area contributed by atoms with Crippen molar-refractivity contribution in [1.82, 2.24) is 25.3 Å². The van der Waals surface area contributed by atoms with E-state index in [1.165, 1.54) is 0 Å². The number of carbonyl (C=O) groups excluding carboxylic acids is 1. The van der Waals surface area contributed by atoms with Crippen LogP contribution in [0.25, 0.3) is 22.3 Å². The van der Waals surface area contributed by atoms with Crippen LogP contribution in [0, 0.1) is 11.3 Å². The van der Waals surface area contributed by atoms with Crippen molar-refractivity contribution in [2.75, 3.05) is 25.6 Å². The van der Waals surface area contributed by atoms with Gasteiger partial charge in [-0.1, -0.05) is 6.07 Å². The van der Waals surface area contributed by atoms with Crippen LogP contribution in [0.5, 0.6) is 0 Å². The molecule has 1 aliphatic heterocycles. The largest absolute Gasteiger partial charge is 0.375 e. The quantitative estimate of drug-likeness (QED) is 0.463. The highest BCUT2D eigenvalue weighted by atomic mass is 16.5. The van der Waals surface area contributed by atoms with Gasteiger partial charge in [-0.05, 0) is 54.4 Å². The van der Waals surface area contributed by atoms with E-state index < -0.39 is 5.41 Å². The lowest BCUT2D eigenvalue weighted by Gasteiger charge is -2.30. The molecule has 5 rings (SSSR count). The lowest BCUT2D eigenvalue weighted by molar-refractivity contribution is 0.0757. The molecule has 1 N–H and O–H groups in total. The molecule has 0 unspecified atom stereocenters. The molecule has 3 aromatic heterocycles. The van der Waals surface area contributed by atoms with Gasteiger partial charge >= 0.3 is 0 Å². The lowest BCUT2D eigenvalue weighted by atomic mass is 9.79. The Hall–Kier alpha value is -4.42. The van der Waals surface area contributed by atoms with Gasteiger partial charge in [-0.3, -0.25) is 9.78 Å². The number of ether oxygens (including phenoxy) is 1. The van der Waals surface area contributed by atoms with Crippen LogP contribution in [0.3, 0.4) is 0 Å². The number of hydrogen-bond donors (Lipinski definition) is 1. The molecule has 180 valence electrons. The van der Waals surface area contributed by atoms with E-state index in [0.29, 0.717) is 30.4 Å². The van der Waals surface area contributed by atoms with E-state index in [1.54, 1.807) is 24.5 Å². The number of aromatic nitrogens is 4. The predicted molar refractivity (Wildman–Crippen MR) is 135 cm³/mol. The molecule has 1 amide bonds. The zero-order valence-electron chi connectivity index (χ0n) is 20.3. The van der Waals surface area contributed by atoms with Gasteiger partial charge in [-0.25, -0.2) is 15.0 Å². The first kappa shape index (κ1) is 23.3. The average Bonchev–Trinajstić information content (AvgIpc) is 2.91. The van der Waals surface area contributed by atoms with Crippen LogP contribution in [-0.2, 0) is 23.3 Å². The van der Waals surface area contributed by atoms with Gasteiger partial charge in [0.2, 0.25) is 5.95 Å². The Balaban J connectivity index is 1.35. The maximum absolute atomic E-state index is 12.9. The molecule has 0 saturated carbocycles. The smallest absolute Gasteiger partial charge is 0.251 e. The molecule has 36 heavy (non-hydrogen) atoms. The molecule has 0 fully saturated rings. The Morgan fingerprint density at radius 1 is 1.14 bits per heavy atom. The van der Waals surface area contributed by atoms with Crippen LogP contribution in [0.2, 0.25) is 0 Å². The maximum Gasteiger partial charge on any atom is 0.251 e. The van der Waals surface area contributed by atoms with Crippen LogP contribution in [0.1, 0.15) is 34.1 Å². The van der Waals surface area contributed by atoms with E-state index in [2.05, 4.69) is 26.3 Å². The molecule has 0 radical (unpaired) electrons. The Morgan fingerprint density at radius 3 is 2.78 bits per heavy atom. The Morgan fingerprint density at radius 2 is 1.97 bits per heavy atom. The second-order valence-electron chi connectivity index (χ2n) is 9.19. The van der Waals surface area contributed by atoms with Crippen LogP contribution in [0.4, 0.5) is 5.95 Å². The number of nitriles is 1. The van der Waals surface area contributed by atoms with Crippen molar-refractivity contribution in [3.05, 3.63) is 77.2 Å². The molecule has 9 heteroatoms. The molecule has 9 nitrogen and oxygen atoms in total. The van der Waals surface area contributed by atoms with Gasteiger partial charge in [-0.15, -0.1) is 0 Å². The number of amides is 1. The summed E-state index contributed by atoms with van der Waals surface area (Å²) in [6.07, 6.45) is 3.46. The summed E-state index contributed by atoms with van der Waals surface area (Å²) in [6.45, 7) is 2.82. The van der Waals surface area contributed by atoms with Gasteiger partial charge in [0.1, 0.15) is 5.41 Å². The Labute approximate surface area is 208 Å². The molecule has 0 bridgehead atoms. The highest BCUT2D eigenvalue weighted by molar-refractivity contribution is 5.94. The Kier molecular flexibility index (Phi) is 6.04. The first-order valence-electron chi connectivity index (χ1n) is 11.5. The van der Waals surface area contributed by atoms with Gasteiger partial charge in [-0.2, -0.15) is 5.26 Å². The average molecular weight is 480 g/mol. The van der Waals surface area contributed by atoms with Crippen molar-refractivity contribution in [2.45, 2.75) is 25.5 Å². The zero-order valence-corrected chi connectivity index (χ0v) is 20.3. The van der Waals surface area contributed by atoms with E-state index in [-0.39, 0.29) is 12.5 Å². The highest BCUT2D eigenvalue weighted by Gasteiger charge is 2.33. The van der Waals surface area contributed by atoms with Gasteiger partial charge in [0.15, 0.2) is 0 Å². The highest BCUT2D eigenvalue weighted by Crippen LogP contribution is 2.32. The number of nitrogens with one attached hydrogen (secondary N) is 1. The first-order valence-corrected chi connectivity index (χ1v) is 11.5. The third-order valence-corrected chi connectivity index (χ3v) is 6.23. The first-order chi connectivity index (χ1) is 17.4. The number of nitrogens with zero attached hydrogens (tertiary/aromatic N) is 6. The summed E-state index contributed by atoms with van der Waals surface area (Å²) in [5.74, 6) is 0.378. The monoisotopic (exact) mass is 479 g/mol. The number of benzene rings is 1. The van der Waals surface area contributed by atoms with Gasteiger partial charge < -0.3 is 15.0 Å². The number of fused-ring (bicyclic) bond motifs is 2. The van der Waals surface area contributed by atoms with Crippen molar-refractivity contribution in [2.24, 2.45) is 0 Å². The van der Waals surface area contributed by atoms with E-state index in [1.807, 2.05) is 56.3 Å². The Bertz CT molecular complexity index is 1510. The van der Waals surface area contributed by atoms with Crippen LogP contribution < -0.4 is 10.2 Å². The van der Waals surface area contributed by atoms with E-state index >= 15 is 0 Å². The molecule has 1 aliphatic rings. The molecular formula is C27H25N7O2. The summed E-state index contributed by atoms with van der Waals surface area (Å²) < 4.78 is 5.55. The van der Waals surface area contributed by atoms with Crippen molar-refractivity contribution in [3.8, 4) is 17.5 Å². The molecule has 0 spiro atoms. The summed E-state index contributed by atoms with van der Waals surface area (Å²) in [7, 11) is 3.78. The van der Waals surface area contributed by atoms with Gasteiger partial charge in [0.25, 0.3) is 5.91 Å². The van der Waals surface area contributed by atoms with Crippen molar-refractivity contribution >= 4 is 22.8 Å². The minimum absolute atomic E-state index is 0.231. The normalized spacial score (nSPS) is 16.7. The minimum Gasteiger partial charge on any atom is -0.375 e. The van der Waals surface area contributed by atoms with E-state index in [4.69, 9.17) is 9.72 Å². The number of rotatable bonds is 5. The van der Waals surface area contributed by atoms with E-state index in [9.17, 15) is 10.1 Å². The fourth-order valence-corrected chi connectivity index (χ4v) is 4.17. The van der Waals surface area contributed by atoms with Crippen LogP contribution in [0.15, 0.2) is 54.9 Å². The standard InChI is InChI=1S/C27H25N7O2/c1-27(15-28)16-36-14-19-5-4-17(10-21(19)27)25(35)31-13-20-11-24-18(12-30-20)6-7-22(32-24)23-8-9-29-26(33-23)34(2)3/h4-12H,13-14,16H2,1-3H3,(H,31,35)/t27-/m1/s1. The lowest BCUT2D eigenvalue weighted by Crippen LogP contribution is -2.33. The SMILES string of the molecule is CN(C)c1nccc(-c2ccc3cnc(CNC(=O)c4ccc5c(c4)[C@](C)(C#N)COC5)cc3n2)n1. The third-order valence-electron chi connectivity index (χ3n) is 6.23. The van der Waals surface area contributed by atoms with Crippen LogP contribution >= 0.6 is 0 Å². The molecule has 0 aliphatic carbocycles. The molecule has 4 aromatic rings. The fraction of sp³-hybridized carbons (Fsp3) is 0.259. The fourth-order valence-electron chi connectivity index (χ4n) is 4.17. The molecule has 1 aromatic carbocycles. The second kappa shape index (κ2) is 9.32. The van der Waals surface area contributed by atoms with Gasteiger partial charge in [0.05, 0.1) is 48.4 Å². The number of anilines is 1. The second-order valence-corrected chi connectivity index (χ2v) is 9.19. The molecule has 1 atom stereocenters. The van der Waals surface area contributed by atoms with Crippen LogP contribution in [-0.4, -0.2) is 46.5 Å². The topological polar surface area (TPSA) is 117 Å². The third kappa shape index (κ3) is 4.46. The summed E-state index contributed by atoms with van der Waals surface area (Å²) in [5.41, 5.74) is 4.40. The maximum atomic E-state index is 12.9. The number of hydrogen-bond acceptors (Lipinski definition) is 8. The predicted octanol–water partition coefficient (Wildman–Crippen LogP) is 3.39. The summed E-state index contributed by atoms with van der Waals surface area (Å²) in [6, 6.07) is 15.3. The van der Waals surface area contributed by atoms with Crippen molar-refractivity contribution in [3.63, 3.8) is 0 Å². The minimum atomic E-state index is -0.774. The van der Waals surface area contributed by atoms with Crippen molar-refractivity contribution in [1.29, 1.82) is 5.26 Å². The number of carbonyl (C=O) groups is 1. The van der Waals surface area contributed by atoms with Crippen molar-refractivity contribution < 1.29 is 9.53 Å². The summed E-state index contributed by atoms with van der Waals surface area (Å²) in [4.78, 5) is 32.8. The molecule has 4 heterocycles. The van der Waals surface area contributed by atoms with Gasteiger partial charge in [0, 0.05) is 37.4 Å². The number of pyridine rings is 2. The summed E-state index contributed by atoms with van der Waals surface area (Å²) >= 11 is 0.